The molecule has 0 radical (unpaired) electrons. The first kappa shape index (κ1) is 17.1. The smallest absolute Gasteiger partial charge is 0.259 e. The van der Waals surface area contributed by atoms with Crippen molar-refractivity contribution >= 4 is 33.2 Å². The molecule has 126 valence electrons. The van der Waals surface area contributed by atoms with Gasteiger partial charge in [-0.3, -0.25) is 4.79 Å². The van der Waals surface area contributed by atoms with E-state index in [2.05, 4.69) is 22.2 Å². The highest BCUT2D eigenvalue weighted by molar-refractivity contribution is 7.18. The second-order valence-electron chi connectivity index (χ2n) is 6.08. The normalized spacial score (nSPS) is 14.0. The first-order valence-electron chi connectivity index (χ1n) is 7.88. The molecule has 0 saturated heterocycles. The van der Waals surface area contributed by atoms with Crippen molar-refractivity contribution in [3.8, 4) is 0 Å². The number of benzene rings is 1. The Balaban J connectivity index is 1.87. The number of nitrogens with one attached hydrogen (secondary N) is 2. The topological polar surface area (TPSA) is 57.8 Å². The first-order valence-corrected chi connectivity index (χ1v) is 9.07. The molecule has 2 aromatic heterocycles. The number of thiophene rings is 1. The number of halogens is 1. The van der Waals surface area contributed by atoms with E-state index >= 15 is 0 Å². The van der Waals surface area contributed by atoms with Crippen LogP contribution in [0.3, 0.4) is 0 Å². The fourth-order valence-corrected chi connectivity index (χ4v) is 3.94. The Kier molecular flexibility index (Phi) is 4.76. The van der Waals surface area contributed by atoms with Crippen LogP contribution in [0.2, 0.25) is 5.02 Å². The summed E-state index contributed by atoms with van der Waals surface area (Å²) in [5, 5.41) is 4.90. The molecule has 2 N–H and O–H groups in total. The molecular formula is C18H20ClN3OS. The number of aromatic nitrogens is 2. The largest absolute Gasteiger partial charge is 0.309 e. The number of nitrogens with zero attached hydrogens (tertiary/aromatic N) is 1. The number of aryl methyl sites for hydroxylation is 2. The van der Waals surface area contributed by atoms with Gasteiger partial charge in [-0.05, 0) is 51.0 Å². The quantitative estimate of drug-likeness (QED) is 0.710. The minimum Gasteiger partial charge on any atom is -0.309 e. The monoisotopic (exact) mass is 361 g/mol. The predicted octanol–water partition coefficient (Wildman–Crippen LogP) is 4.67. The third-order valence-corrected chi connectivity index (χ3v) is 5.69. The number of hydrogen-bond donors (Lipinski definition) is 2. The average molecular weight is 362 g/mol. The Labute approximate surface area is 149 Å². The first-order chi connectivity index (χ1) is 11.4. The van der Waals surface area contributed by atoms with E-state index in [4.69, 9.17) is 11.6 Å². The molecule has 0 aliphatic heterocycles. The van der Waals surface area contributed by atoms with Crippen LogP contribution in [0.15, 0.2) is 29.1 Å². The van der Waals surface area contributed by atoms with Crippen molar-refractivity contribution in [3.05, 3.63) is 61.5 Å². The van der Waals surface area contributed by atoms with Gasteiger partial charge < -0.3 is 10.3 Å². The number of rotatable bonds is 4. The van der Waals surface area contributed by atoms with Gasteiger partial charge in [-0.1, -0.05) is 23.7 Å². The Hall–Kier alpha value is -1.69. The molecule has 0 aliphatic rings. The van der Waals surface area contributed by atoms with Crippen molar-refractivity contribution in [1.29, 1.82) is 0 Å². The predicted molar refractivity (Wildman–Crippen MR) is 101 cm³/mol. The maximum Gasteiger partial charge on any atom is 0.259 e. The third kappa shape index (κ3) is 3.24. The van der Waals surface area contributed by atoms with Crippen LogP contribution in [-0.2, 0) is 0 Å². The van der Waals surface area contributed by atoms with Gasteiger partial charge in [-0.25, -0.2) is 4.98 Å². The van der Waals surface area contributed by atoms with E-state index in [1.165, 1.54) is 0 Å². The number of aromatic amines is 1. The molecule has 0 amide bonds. The molecule has 3 rings (SSSR count). The summed E-state index contributed by atoms with van der Waals surface area (Å²) < 4.78 is 0. The second kappa shape index (κ2) is 6.67. The van der Waals surface area contributed by atoms with Gasteiger partial charge >= 0.3 is 0 Å². The molecule has 2 heterocycles. The molecule has 24 heavy (non-hydrogen) atoms. The molecule has 6 heteroatoms. The summed E-state index contributed by atoms with van der Waals surface area (Å²) in [5.74, 6) is 0.662. The van der Waals surface area contributed by atoms with Gasteiger partial charge in [0, 0.05) is 15.9 Å². The lowest BCUT2D eigenvalue weighted by Gasteiger charge is -2.20. The highest BCUT2D eigenvalue weighted by Crippen LogP contribution is 2.27. The molecule has 3 aromatic rings. The van der Waals surface area contributed by atoms with Crippen molar-refractivity contribution < 1.29 is 0 Å². The molecule has 1 aromatic carbocycles. The summed E-state index contributed by atoms with van der Waals surface area (Å²) in [6, 6.07) is 7.79. The van der Waals surface area contributed by atoms with Crippen molar-refractivity contribution in [1.82, 2.24) is 15.3 Å². The standard InChI is InChI=1S/C18H20ClN3OS/c1-9-12(4)24-18-15(9)17(23)21-16(22-18)11(3)20-10(2)13-5-7-14(19)8-6-13/h5-8,10-11,20H,1-4H3,(H,21,22,23)/t10-,11+/m1/s1. The van der Waals surface area contributed by atoms with E-state index in [1.54, 1.807) is 11.3 Å². The lowest BCUT2D eigenvalue weighted by molar-refractivity contribution is 0.477. The number of fused-ring (bicyclic) bond motifs is 1. The molecule has 2 atom stereocenters. The average Bonchev–Trinajstić information content (AvgIpc) is 2.82. The van der Waals surface area contributed by atoms with Crippen LogP contribution in [0.4, 0.5) is 0 Å². The Morgan fingerprint density at radius 2 is 1.83 bits per heavy atom. The fourth-order valence-electron chi connectivity index (χ4n) is 2.78. The van der Waals surface area contributed by atoms with Gasteiger partial charge in [-0.2, -0.15) is 0 Å². The van der Waals surface area contributed by atoms with Crippen LogP contribution < -0.4 is 10.9 Å². The maximum atomic E-state index is 12.4. The van der Waals surface area contributed by atoms with Crippen LogP contribution in [0.25, 0.3) is 10.2 Å². The van der Waals surface area contributed by atoms with E-state index in [9.17, 15) is 4.79 Å². The zero-order chi connectivity index (χ0) is 17.4. The van der Waals surface area contributed by atoms with Gasteiger partial charge in [0.25, 0.3) is 5.56 Å². The molecule has 0 saturated carbocycles. The molecule has 4 nitrogen and oxygen atoms in total. The van der Waals surface area contributed by atoms with Gasteiger partial charge in [0.2, 0.25) is 0 Å². The summed E-state index contributed by atoms with van der Waals surface area (Å²) in [7, 11) is 0. The fraction of sp³-hybridized carbons (Fsp3) is 0.333. The van der Waals surface area contributed by atoms with E-state index < -0.39 is 0 Å². The van der Waals surface area contributed by atoms with Gasteiger partial charge in [0.05, 0.1) is 11.4 Å². The van der Waals surface area contributed by atoms with Gasteiger partial charge in [0.15, 0.2) is 0 Å². The van der Waals surface area contributed by atoms with Crippen molar-refractivity contribution in [2.75, 3.05) is 0 Å². The Morgan fingerprint density at radius 3 is 2.50 bits per heavy atom. The lowest BCUT2D eigenvalue weighted by Crippen LogP contribution is -2.26. The van der Waals surface area contributed by atoms with Crippen LogP contribution in [0.5, 0.6) is 0 Å². The van der Waals surface area contributed by atoms with Crippen LogP contribution >= 0.6 is 22.9 Å². The third-order valence-electron chi connectivity index (χ3n) is 4.34. The maximum absolute atomic E-state index is 12.4. The van der Waals surface area contributed by atoms with E-state index in [-0.39, 0.29) is 17.6 Å². The highest BCUT2D eigenvalue weighted by atomic mass is 35.5. The van der Waals surface area contributed by atoms with Crippen LogP contribution in [-0.4, -0.2) is 9.97 Å². The molecule has 0 spiro atoms. The summed E-state index contributed by atoms with van der Waals surface area (Å²) in [6.07, 6.45) is 0. The van der Waals surface area contributed by atoms with E-state index in [1.807, 2.05) is 45.0 Å². The SMILES string of the molecule is Cc1sc2nc([C@H](C)N[C@H](C)c3ccc(Cl)cc3)[nH]c(=O)c2c1C. The summed E-state index contributed by atoms with van der Waals surface area (Å²) in [4.78, 5) is 21.9. The molecule has 0 bridgehead atoms. The minimum absolute atomic E-state index is 0.0651. The number of hydrogen-bond acceptors (Lipinski definition) is 4. The zero-order valence-corrected chi connectivity index (χ0v) is 15.7. The van der Waals surface area contributed by atoms with E-state index in [0.717, 1.165) is 25.9 Å². The van der Waals surface area contributed by atoms with Crippen LogP contribution in [0.1, 0.15) is 47.8 Å². The van der Waals surface area contributed by atoms with Gasteiger partial charge in [-0.15, -0.1) is 11.3 Å². The molecular weight excluding hydrogens is 342 g/mol. The molecule has 0 aliphatic carbocycles. The zero-order valence-electron chi connectivity index (χ0n) is 14.1. The van der Waals surface area contributed by atoms with Crippen molar-refractivity contribution in [2.45, 2.75) is 39.8 Å². The van der Waals surface area contributed by atoms with Crippen LogP contribution in [0, 0.1) is 13.8 Å². The van der Waals surface area contributed by atoms with Crippen molar-refractivity contribution in [3.63, 3.8) is 0 Å². The Morgan fingerprint density at radius 1 is 1.17 bits per heavy atom. The minimum atomic E-state index is -0.0736. The highest BCUT2D eigenvalue weighted by Gasteiger charge is 2.17. The van der Waals surface area contributed by atoms with E-state index in [0.29, 0.717) is 11.2 Å². The molecule has 0 fully saturated rings. The Bertz CT molecular complexity index is 930. The molecule has 0 unspecified atom stereocenters. The lowest BCUT2D eigenvalue weighted by atomic mass is 10.1. The second-order valence-corrected chi connectivity index (χ2v) is 7.72. The number of H-pyrrole nitrogens is 1. The summed E-state index contributed by atoms with van der Waals surface area (Å²) in [5.41, 5.74) is 2.09. The summed E-state index contributed by atoms with van der Waals surface area (Å²) in [6.45, 7) is 8.07. The van der Waals surface area contributed by atoms with Crippen molar-refractivity contribution in [2.24, 2.45) is 0 Å². The summed E-state index contributed by atoms with van der Waals surface area (Å²) >= 11 is 7.50. The van der Waals surface area contributed by atoms with Gasteiger partial charge in [0.1, 0.15) is 10.7 Å².